The molecule has 0 aliphatic heterocycles. The van der Waals surface area contributed by atoms with Gasteiger partial charge in [-0.05, 0) is 0 Å². The van der Waals surface area contributed by atoms with Crippen LogP contribution < -0.4 is 5.73 Å². The first-order chi connectivity index (χ1) is 5.54. The molecule has 0 fully saturated rings. The second-order valence-electron chi connectivity index (χ2n) is 2.58. The molecule has 12 heavy (non-hydrogen) atoms. The van der Waals surface area contributed by atoms with E-state index < -0.39 is 31.0 Å². The minimum Gasteiger partial charge on any atom is -0.394 e. The Hall–Kier alpha value is 0.150. The summed E-state index contributed by atoms with van der Waals surface area (Å²) in [6.45, 7) is -0.614. The smallest absolute Gasteiger partial charge is 0.109 e. The molecule has 0 amide bonds. The summed E-state index contributed by atoms with van der Waals surface area (Å²) in [5.41, 5.74) is 5.33. The molecular weight excluding hydrogens is 182 g/mol. The molecule has 4 atom stereocenters. The largest absolute Gasteiger partial charge is 0.394 e. The van der Waals surface area contributed by atoms with Crippen molar-refractivity contribution in [3.8, 4) is 0 Å². The molecule has 0 aliphatic carbocycles. The quantitative estimate of drug-likeness (QED) is 0.269. The lowest BCUT2D eigenvalue weighted by Crippen LogP contribution is -2.50. The van der Waals surface area contributed by atoms with Crippen LogP contribution in [-0.2, 0) is 0 Å². The Kier molecular flexibility index (Phi) is 5.81. The van der Waals surface area contributed by atoms with E-state index in [1.54, 1.807) is 0 Å². The summed E-state index contributed by atoms with van der Waals surface area (Å²) in [6.07, 6.45) is -4.08. The summed E-state index contributed by atoms with van der Waals surface area (Å²) in [7, 11) is 0. The van der Waals surface area contributed by atoms with Crippen molar-refractivity contribution in [1.82, 2.24) is 0 Å². The van der Waals surface area contributed by atoms with Gasteiger partial charge >= 0.3 is 0 Å². The molecule has 0 aromatic rings. The molecule has 0 rings (SSSR count). The second-order valence-corrected chi connectivity index (χ2v) is 2.94. The van der Waals surface area contributed by atoms with E-state index in [-0.39, 0.29) is 5.75 Å². The minimum absolute atomic E-state index is 0.191. The number of hydrogen-bond donors (Lipinski definition) is 6. The van der Waals surface area contributed by atoms with Crippen LogP contribution in [0.2, 0.25) is 0 Å². The van der Waals surface area contributed by atoms with Gasteiger partial charge in [-0.15, -0.1) is 0 Å². The Morgan fingerprint density at radius 2 is 1.67 bits per heavy atom. The Balaban J connectivity index is 3.99. The molecule has 6 N–H and O–H groups in total. The SMILES string of the molecule is N[C@@H](CS)[C@@H](O)[C@@H](O)[C@H](O)CO. The maximum absolute atomic E-state index is 9.19. The van der Waals surface area contributed by atoms with Crippen molar-refractivity contribution in [2.75, 3.05) is 12.4 Å². The van der Waals surface area contributed by atoms with Crippen molar-refractivity contribution in [2.24, 2.45) is 5.73 Å². The fourth-order valence-electron chi connectivity index (χ4n) is 0.697. The first kappa shape index (κ1) is 12.2. The van der Waals surface area contributed by atoms with Crippen molar-refractivity contribution in [3.63, 3.8) is 0 Å². The Labute approximate surface area is 76.2 Å². The van der Waals surface area contributed by atoms with Crippen molar-refractivity contribution >= 4 is 12.6 Å². The van der Waals surface area contributed by atoms with Gasteiger partial charge in [0.1, 0.15) is 12.2 Å². The predicted molar refractivity (Wildman–Crippen MR) is 46.9 cm³/mol. The number of rotatable bonds is 5. The zero-order valence-electron chi connectivity index (χ0n) is 6.54. The number of thiol groups is 1. The number of aliphatic hydroxyl groups is 4. The van der Waals surface area contributed by atoms with Gasteiger partial charge in [-0.2, -0.15) is 12.6 Å². The Morgan fingerprint density at radius 1 is 1.17 bits per heavy atom. The molecule has 0 bridgehead atoms. The average molecular weight is 197 g/mol. The summed E-state index contributed by atoms with van der Waals surface area (Å²) in [4.78, 5) is 0. The standard InChI is InChI=1S/C6H15NO4S/c7-3(2-12)5(10)6(11)4(9)1-8/h3-6,8-12H,1-2,7H2/t3-,4+,5+,6-/m0/s1. The summed E-state index contributed by atoms with van der Waals surface area (Å²) in [6, 6.07) is -0.718. The minimum atomic E-state index is -1.43. The van der Waals surface area contributed by atoms with E-state index in [2.05, 4.69) is 12.6 Å². The summed E-state index contributed by atoms with van der Waals surface area (Å²) >= 11 is 3.81. The van der Waals surface area contributed by atoms with Crippen LogP contribution in [0.4, 0.5) is 0 Å². The van der Waals surface area contributed by atoms with Crippen molar-refractivity contribution in [2.45, 2.75) is 24.4 Å². The molecule has 0 spiro atoms. The van der Waals surface area contributed by atoms with Crippen LogP contribution in [0.3, 0.4) is 0 Å². The number of nitrogens with two attached hydrogens (primary N) is 1. The first-order valence-corrected chi connectivity index (χ1v) is 4.19. The lowest BCUT2D eigenvalue weighted by atomic mass is 10.0. The van der Waals surface area contributed by atoms with E-state index in [1.807, 2.05) is 0 Å². The van der Waals surface area contributed by atoms with Gasteiger partial charge in [0, 0.05) is 11.8 Å². The molecule has 74 valence electrons. The highest BCUT2D eigenvalue weighted by Gasteiger charge is 2.27. The zero-order chi connectivity index (χ0) is 9.72. The Morgan fingerprint density at radius 3 is 2.00 bits per heavy atom. The van der Waals surface area contributed by atoms with Crippen LogP contribution in [0.5, 0.6) is 0 Å². The Bertz CT molecular complexity index is 112. The molecular formula is C6H15NO4S. The summed E-state index contributed by atoms with van der Waals surface area (Å²) < 4.78 is 0. The van der Waals surface area contributed by atoms with Crippen LogP contribution in [0, 0.1) is 0 Å². The van der Waals surface area contributed by atoms with Gasteiger partial charge in [-0.1, -0.05) is 0 Å². The van der Waals surface area contributed by atoms with Crippen molar-refractivity contribution in [1.29, 1.82) is 0 Å². The van der Waals surface area contributed by atoms with E-state index in [0.717, 1.165) is 0 Å². The highest BCUT2D eigenvalue weighted by atomic mass is 32.1. The monoisotopic (exact) mass is 197 g/mol. The molecule has 0 heterocycles. The van der Waals surface area contributed by atoms with Gasteiger partial charge in [-0.3, -0.25) is 0 Å². The third-order valence-electron chi connectivity index (χ3n) is 1.58. The van der Waals surface area contributed by atoms with Crippen LogP contribution in [0.25, 0.3) is 0 Å². The molecule has 0 aromatic heterocycles. The molecule has 0 unspecified atom stereocenters. The highest BCUT2D eigenvalue weighted by Crippen LogP contribution is 2.04. The van der Waals surface area contributed by atoms with Crippen LogP contribution in [-0.4, -0.2) is 57.1 Å². The van der Waals surface area contributed by atoms with Gasteiger partial charge in [0.25, 0.3) is 0 Å². The molecule has 0 saturated carbocycles. The fourth-order valence-corrected chi connectivity index (χ4v) is 0.913. The van der Waals surface area contributed by atoms with Gasteiger partial charge in [0.05, 0.1) is 12.7 Å². The van der Waals surface area contributed by atoms with Crippen LogP contribution in [0.15, 0.2) is 0 Å². The predicted octanol–water partition coefficient (Wildman–Crippen LogP) is -2.68. The maximum Gasteiger partial charge on any atom is 0.109 e. The van der Waals surface area contributed by atoms with Crippen molar-refractivity contribution in [3.05, 3.63) is 0 Å². The molecule has 0 aromatic carbocycles. The highest BCUT2D eigenvalue weighted by molar-refractivity contribution is 7.80. The lowest BCUT2D eigenvalue weighted by molar-refractivity contribution is -0.0811. The maximum atomic E-state index is 9.19. The third kappa shape index (κ3) is 3.26. The topological polar surface area (TPSA) is 107 Å². The molecule has 0 aliphatic rings. The third-order valence-corrected chi connectivity index (χ3v) is 2.00. The zero-order valence-corrected chi connectivity index (χ0v) is 7.43. The lowest BCUT2D eigenvalue weighted by Gasteiger charge is -2.25. The van der Waals surface area contributed by atoms with Crippen molar-refractivity contribution < 1.29 is 20.4 Å². The molecule has 0 radical (unpaired) electrons. The number of hydrogen-bond acceptors (Lipinski definition) is 6. The van der Waals surface area contributed by atoms with E-state index in [4.69, 9.17) is 21.1 Å². The van der Waals surface area contributed by atoms with Crippen LogP contribution >= 0.6 is 12.6 Å². The molecule has 6 heteroatoms. The van der Waals surface area contributed by atoms with E-state index in [1.165, 1.54) is 0 Å². The van der Waals surface area contributed by atoms with E-state index in [0.29, 0.717) is 0 Å². The summed E-state index contributed by atoms with van der Waals surface area (Å²) in [5.74, 6) is 0.191. The average Bonchev–Trinajstić information content (AvgIpc) is 2.12. The van der Waals surface area contributed by atoms with E-state index >= 15 is 0 Å². The molecule has 5 nitrogen and oxygen atoms in total. The van der Waals surface area contributed by atoms with Gasteiger partial charge in [0.15, 0.2) is 0 Å². The molecule has 0 saturated heterocycles. The summed E-state index contributed by atoms with van der Waals surface area (Å²) in [5, 5.41) is 35.6. The van der Waals surface area contributed by atoms with Gasteiger partial charge < -0.3 is 26.2 Å². The van der Waals surface area contributed by atoms with Gasteiger partial charge in [0.2, 0.25) is 0 Å². The van der Waals surface area contributed by atoms with Crippen LogP contribution in [0.1, 0.15) is 0 Å². The first-order valence-electron chi connectivity index (χ1n) is 3.56. The van der Waals surface area contributed by atoms with E-state index in [9.17, 15) is 5.11 Å². The fraction of sp³-hybridized carbons (Fsp3) is 1.00. The normalized spacial score (nSPS) is 21.5. The number of aliphatic hydroxyl groups excluding tert-OH is 4. The van der Waals surface area contributed by atoms with Gasteiger partial charge in [-0.25, -0.2) is 0 Å². The second kappa shape index (κ2) is 5.74.